The van der Waals surface area contributed by atoms with Crippen molar-refractivity contribution in [3.8, 4) is 0 Å². The highest BCUT2D eigenvalue weighted by molar-refractivity contribution is 5.79. The smallest absolute Gasteiger partial charge is 0.191 e. The van der Waals surface area contributed by atoms with Gasteiger partial charge in [0, 0.05) is 13.6 Å². The molecule has 1 heterocycles. The van der Waals surface area contributed by atoms with Crippen molar-refractivity contribution in [2.75, 3.05) is 6.54 Å². The van der Waals surface area contributed by atoms with Crippen LogP contribution in [-0.2, 0) is 20.1 Å². The molecule has 0 amide bonds. The second kappa shape index (κ2) is 7.42. The van der Waals surface area contributed by atoms with Crippen molar-refractivity contribution in [3.63, 3.8) is 0 Å². The first-order valence-corrected chi connectivity index (χ1v) is 7.10. The summed E-state index contributed by atoms with van der Waals surface area (Å²) in [5, 5.41) is 10.6. The van der Waals surface area contributed by atoms with Crippen LogP contribution < -0.4 is 10.6 Å². The monoisotopic (exact) mass is 286 g/mol. The lowest BCUT2D eigenvalue weighted by Crippen LogP contribution is -2.37. The van der Waals surface area contributed by atoms with Crippen LogP contribution in [0.5, 0.6) is 0 Å². The van der Waals surface area contributed by atoms with Gasteiger partial charge in [0.2, 0.25) is 0 Å². The van der Waals surface area contributed by atoms with E-state index in [9.17, 15) is 0 Å². The Bertz CT molecular complexity index is 602. The van der Waals surface area contributed by atoms with Crippen molar-refractivity contribution >= 4 is 5.96 Å². The molecular formula is C15H22N6. The molecule has 1 aromatic carbocycles. The van der Waals surface area contributed by atoms with Crippen molar-refractivity contribution in [1.29, 1.82) is 0 Å². The number of aliphatic imine (C=N–C) groups is 1. The van der Waals surface area contributed by atoms with Crippen molar-refractivity contribution in [3.05, 3.63) is 47.5 Å². The minimum atomic E-state index is 0.593. The number of hydrogen-bond acceptors (Lipinski definition) is 3. The van der Waals surface area contributed by atoms with Gasteiger partial charge in [-0.1, -0.05) is 24.3 Å². The SMILES string of the molecule is CCNC(=NCc1ccccc1C)NCc1ncnn1C. The van der Waals surface area contributed by atoms with Crippen molar-refractivity contribution in [1.82, 2.24) is 25.4 Å². The number of aryl methyl sites for hydroxylation is 2. The van der Waals surface area contributed by atoms with E-state index in [1.54, 1.807) is 11.0 Å². The van der Waals surface area contributed by atoms with Crippen molar-refractivity contribution < 1.29 is 0 Å². The van der Waals surface area contributed by atoms with Gasteiger partial charge in [0.1, 0.15) is 12.2 Å². The number of nitrogens with one attached hydrogen (secondary N) is 2. The molecule has 6 heteroatoms. The molecule has 0 aliphatic carbocycles. The first-order valence-electron chi connectivity index (χ1n) is 7.10. The molecule has 21 heavy (non-hydrogen) atoms. The van der Waals surface area contributed by atoms with Gasteiger partial charge in [-0.2, -0.15) is 5.10 Å². The van der Waals surface area contributed by atoms with Crippen LogP contribution in [0.1, 0.15) is 23.9 Å². The number of benzene rings is 1. The Hall–Kier alpha value is -2.37. The summed E-state index contributed by atoms with van der Waals surface area (Å²) in [6, 6.07) is 8.29. The second-order valence-electron chi connectivity index (χ2n) is 4.78. The number of nitrogens with zero attached hydrogens (tertiary/aromatic N) is 4. The minimum Gasteiger partial charge on any atom is -0.357 e. The molecule has 0 bridgehead atoms. The fraction of sp³-hybridized carbons (Fsp3) is 0.400. The highest BCUT2D eigenvalue weighted by atomic mass is 15.3. The fourth-order valence-electron chi connectivity index (χ4n) is 1.94. The standard InChI is InChI=1S/C15H22N6/c1-4-16-15(18-10-14-19-11-20-21(14)3)17-9-13-8-6-5-7-12(13)2/h5-8,11H,4,9-10H2,1-3H3,(H2,16,17,18). The Morgan fingerprint density at radius 2 is 2.10 bits per heavy atom. The molecule has 0 atom stereocenters. The largest absolute Gasteiger partial charge is 0.357 e. The fourth-order valence-corrected chi connectivity index (χ4v) is 1.94. The average Bonchev–Trinajstić information content (AvgIpc) is 2.89. The Labute approximate surface area is 125 Å². The van der Waals surface area contributed by atoms with E-state index in [0.29, 0.717) is 13.1 Å². The Morgan fingerprint density at radius 3 is 2.76 bits per heavy atom. The van der Waals surface area contributed by atoms with E-state index in [1.165, 1.54) is 11.1 Å². The van der Waals surface area contributed by atoms with Crippen LogP contribution in [0.25, 0.3) is 0 Å². The average molecular weight is 286 g/mol. The maximum atomic E-state index is 4.61. The number of hydrogen-bond donors (Lipinski definition) is 2. The van der Waals surface area contributed by atoms with Gasteiger partial charge in [-0.15, -0.1) is 0 Å². The van der Waals surface area contributed by atoms with E-state index in [-0.39, 0.29) is 0 Å². The normalized spacial score (nSPS) is 11.5. The topological polar surface area (TPSA) is 67.1 Å². The van der Waals surface area contributed by atoms with Crippen molar-refractivity contribution in [2.45, 2.75) is 26.9 Å². The summed E-state index contributed by atoms with van der Waals surface area (Å²) in [5.74, 6) is 1.65. The predicted molar refractivity (Wildman–Crippen MR) is 83.8 cm³/mol. The second-order valence-corrected chi connectivity index (χ2v) is 4.78. The van der Waals surface area contributed by atoms with Crippen LogP contribution in [0.3, 0.4) is 0 Å². The van der Waals surface area contributed by atoms with Crippen molar-refractivity contribution in [2.24, 2.45) is 12.0 Å². The zero-order chi connectivity index (χ0) is 15.1. The first-order chi connectivity index (χ1) is 10.2. The molecule has 2 aromatic rings. The summed E-state index contributed by atoms with van der Waals surface area (Å²) in [6.07, 6.45) is 1.55. The molecule has 0 saturated carbocycles. The van der Waals surface area contributed by atoms with E-state index in [2.05, 4.69) is 44.8 Å². The molecule has 0 aliphatic heterocycles. The Morgan fingerprint density at radius 1 is 1.29 bits per heavy atom. The van der Waals surface area contributed by atoms with Gasteiger partial charge >= 0.3 is 0 Å². The van der Waals surface area contributed by atoms with E-state index < -0.39 is 0 Å². The molecule has 0 aliphatic rings. The summed E-state index contributed by atoms with van der Waals surface area (Å²) in [6.45, 7) is 6.22. The van der Waals surface area contributed by atoms with Crippen LogP contribution in [-0.4, -0.2) is 27.3 Å². The lowest BCUT2D eigenvalue weighted by atomic mass is 10.1. The molecule has 2 rings (SSSR count). The summed E-state index contributed by atoms with van der Waals surface area (Å²) < 4.78 is 1.75. The van der Waals surface area contributed by atoms with E-state index in [0.717, 1.165) is 18.3 Å². The number of aromatic nitrogens is 3. The van der Waals surface area contributed by atoms with Crippen LogP contribution in [0.4, 0.5) is 0 Å². The maximum absolute atomic E-state index is 4.61. The van der Waals surface area contributed by atoms with Gasteiger partial charge in [0.05, 0.1) is 13.1 Å². The molecule has 1 aromatic heterocycles. The third kappa shape index (κ3) is 4.30. The highest BCUT2D eigenvalue weighted by Gasteiger charge is 2.03. The third-order valence-corrected chi connectivity index (χ3v) is 3.23. The third-order valence-electron chi connectivity index (χ3n) is 3.23. The first kappa shape index (κ1) is 15.0. The summed E-state index contributed by atoms with van der Waals surface area (Å²) in [4.78, 5) is 8.80. The van der Waals surface area contributed by atoms with Gasteiger partial charge in [-0.25, -0.2) is 9.98 Å². The minimum absolute atomic E-state index is 0.593. The van der Waals surface area contributed by atoms with Gasteiger partial charge in [-0.05, 0) is 25.0 Å². The van der Waals surface area contributed by atoms with Gasteiger partial charge in [-0.3, -0.25) is 4.68 Å². The molecular weight excluding hydrogens is 264 g/mol. The van der Waals surface area contributed by atoms with Crippen LogP contribution in [0.2, 0.25) is 0 Å². The molecule has 0 saturated heterocycles. The Kier molecular flexibility index (Phi) is 5.31. The lowest BCUT2D eigenvalue weighted by molar-refractivity contribution is 0.673. The molecule has 2 N–H and O–H groups in total. The van der Waals surface area contributed by atoms with Gasteiger partial charge < -0.3 is 10.6 Å². The highest BCUT2D eigenvalue weighted by Crippen LogP contribution is 2.07. The van der Waals surface area contributed by atoms with Crippen LogP contribution >= 0.6 is 0 Å². The summed E-state index contributed by atoms with van der Waals surface area (Å²) in [5.41, 5.74) is 2.48. The lowest BCUT2D eigenvalue weighted by Gasteiger charge is -2.11. The van der Waals surface area contributed by atoms with E-state index >= 15 is 0 Å². The van der Waals surface area contributed by atoms with Crippen LogP contribution in [0.15, 0.2) is 35.6 Å². The molecule has 0 fully saturated rings. The predicted octanol–water partition coefficient (Wildman–Crippen LogP) is 1.38. The van der Waals surface area contributed by atoms with Gasteiger partial charge in [0.25, 0.3) is 0 Å². The maximum Gasteiger partial charge on any atom is 0.191 e. The quantitative estimate of drug-likeness (QED) is 0.644. The molecule has 0 radical (unpaired) electrons. The van der Waals surface area contributed by atoms with E-state index in [4.69, 9.17) is 0 Å². The van der Waals surface area contributed by atoms with E-state index in [1.807, 2.05) is 26.1 Å². The van der Waals surface area contributed by atoms with Gasteiger partial charge in [0.15, 0.2) is 5.96 Å². The zero-order valence-electron chi connectivity index (χ0n) is 12.8. The number of guanidine groups is 1. The molecule has 0 spiro atoms. The summed E-state index contributed by atoms with van der Waals surface area (Å²) >= 11 is 0. The zero-order valence-corrected chi connectivity index (χ0v) is 12.8. The van der Waals surface area contributed by atoms with Crippen LogP contribution in [0, 0.1) is 6.92 Å². The summed E-state index contributed by atoms with van der Waals surface area (Å²) in [7, 11) is 1.88. The molecule has 6 nitrogen and oxygen atoms in total. The Balaban J connectivity index is 1.99. The molecule has 112 valence electrons. The number of rotatable bonds is 5. The molecule has 0 unspecified atom stereocenters.